The van der Waals surface area contributed by atoms with E-state index in [9.17, 15) is 0 Å². The predicted octanol–water partition coefficient (Wildman–Crippen LogP) is 3.23. The van der Waals surface area contributed by atoms with Crippen LogP contribution in [0.3, 0.4) is 0 Å². The van der Waals surface area contributed by atoms with Crippen molar-refractivity contribution in [3.05, 3.63) is 42.2 Å². The molecule has 0 unspecified atom stereocenters. The second kappa shape index (κ2) is 7.25. The van der Waals surface area contributed by atoms with Gasteiger partial charge in [0.1, 0.15) is 0 Å². The van der Waals surface area contributed by atoms with E-state index in [2.05, 4.69) is 44.9 Å². The highest BCUT2D eigenvalue weighted by atomic mass is 15.2. The average molecular weight is 296 g/mol. The second-order valence-electron chi connectivity index (χ2n) is 5.88. The fourth-order valence-corrected chi connectivity index (χ4v) is 3.13. The number of nitrogens with zero attached hydrogens (tertiary/aromatic N) is 2. The van der Waals surface area contributed by atoms with E-state index >= 15 is 0 Å². The van der Waals surface area contributed by atoms with Gasteiger partial charge in [-0.1, -0.05) is 43.5 Å². The molecular weight excluding hydrogens is 272 g/mol. The van der Waals surface area contributed by atoms with E-state index in [-0.39, 0.29) is 0 Å². The van der Waals surface area contributed by atoms with Crippen LogP contribution in [-0.4, -0.2) is 24.0 Å². The minimum atomic E-state index is 0.556. The standard InChI is InChI=1S/C18H24N4/c1-19-18(22-15-8-3-2-4-9-15)21-13-17-16-10-6-5-7-14(16)11-12-20-17/h5-7,10-12,15H,2-4,8-9,13H2,1H3,(H2,19,21,22). The minimum Gasteiger partial charge on any atom is -0.354 e. The summed E-state index contributed by atoms with van der Waals surface area (Å²) >= 11 is 0. The lowest BCUT2D eigenvalue weighted by Crippen LogP contribution is -2.43. The Bertz CT molecular complexity index is 639. The Hall–Kier alpha value is -2.10. The fraction of sp³-hybridized carbons (Fsp3) is 0.444. The molecule has 2 N–H and O–H groups in total. The smallest absolute Gasteiger partial charge is 0.191 e. The summed E-state index contributed by atoms with van der Waals surface area (Å²) in [6.07, 6.45) is 8.36. The van der Waals surface area contributed by atoms with Crippen molar-refractivity contribution in [3.8, 4) is 0 Å². The molecule has 1 fully saturated rings. The molecule has 1 aliphatic carbocycles. The van der Waals surface area contributed by atoms with Gasteiger partial charge in [0.15, 0.2) is 5.96 Å². The molecule has 1 heterocycles. The number of rotatable bonds is 3. The molecule has 0 atom stereocenters. The summed E-state index contributed by atoms with van der Waals surface area (Å²) in [4.78, 5) is 8.86. The molecule has 0 amide bonds. The summed E-state index contributed by atoms with van der Waals surface area (Å²) in [5.41, 5.74) is 1.06. The van der Waals surface area contributed by atoms with Gasteiger partial charge >= 0.3 is 0 Å². The van der Waals surface area contributed by atoms with Crippen LogP contribution in [0.15, 0.2) is 41.5 Å². The summed E-state index contributed by atoms with van der Waals surface area (Å²) in [5, 5.41) is 9.36. The predicted molar refractivity (Wildman–Crippen MR) is 92.0 cm³/mol. The van der Waals surface area contributed by atoms with Gasteiger partial charge < -0.3 is 10.6 Å². The molecular formula is C18H24N4. The maximum atomic E-state index is 4.51. The third kappa shape index (κ3) is 3.56. The third-order valence-corrected chi connectivity index (χ3v) is 4.35. The lowest BCUT2D eigenvalue weighted by atomic mass is 9.96. The molecule has 3 rings (SSSR count). The number of guanidine groups is 1. The summed E-state index contributed by atoms with van der Waals surface area (Å²) in [6.45, 7) is 0.688. The van der Waals surface area contributed by atoms with Crippen molar-refractivity contribution in [2.45, 2.75) is 44.7 Å². The number of nitrogens with one attached hydrogen (secondary N) is 2. The first-order valence-electron chi connectivity index (χ1n) is 8.16. The van der Waals surface area contributed by atoms with Crippen LogP contribution in [0.2, 0.25) is 0 Å². The zero-order valence-corrected chi connectivity index (χ0v) is 13.2. The molecule has 22 heavy (non-hydrogen) atoms. The van der Waals surface area contributed by atoms with E-state index in [0.29, 0.717) is 12.6 Å². The highest BCUT2D eigenvalue weighted by Gasteiger charge is 2.14. The second-order valence-corrected chi connectivity index (χ2v) is 5.88. The van der Waals surface area contributed by atoms with Crippen LogP contribution in [0.25, 0.3) is 10.8 Å². The van der Waals surface area contributed by atoms with E-state index in [1.54, 1.807) is 0 Å². The topological polar surface area (TPSA) is 49.3 Å². The van der Waals surface area contributed by atoms with E-state index in [0.717, 1.165) is 11.7 Å². The molecule has 4 nitrogen and oxygen atoms in total. The van der Waals surface area contributed by atoms with Crippen LogP contribution < -0.4 is 10.6 Å². The molecule has 116 valence electrons. The molecule has 0 bridgehead atoms. The number of aliphatic imine (C=N–C) groups is 1. The van der Waals surface area contributed by atoms with Crippen LogP contribution in [0, 0.1) is 0 Å². The van der Waals surface area contributed by atoms with Crippen molar-refractivity contribution in [1.29, 1.82) is 0 Å². The Labute approximate surface area is 132 Å². The maximum absolute atomic E-state index is 4.51. The van der Waals surface area contributed by atoms with Gasteiger partial charge in [-0.25, -0.2) is 0 Å². The summed E-state index contributed by atoms with van der Waals surface area (Å²) in [6, 6.07) is 11.0. The molecule has 1 aromatic heterocycles. The SMILES string of the molecule is CN=C(NCc1nccc2ccccc12)NC1CCCCC1. The van der Waals surface area contributed by atoms with Crippen molar-refractivity contribution in [2.24, 2.45) is 4.99 Å². The number of benzene rings is 1. The lowest BCUT2D eigenvalue weighted by Gasteiger charge is -2.24. The van der Waals surface area contributed by atoms with Crippen LogP contribution in [0.5, 0.6) is 0 Å². The van der Waals surface area contributed by atoms with Crippen molar-refractivity contribution in [2.75, 3.05) is 7.05 Å². The lowest BCUT2D eigenvalue weighted by molar-refractivity contribution is 0.410. The highest BCUT2D eigenvalue weighted by Crippen LogP contribution is 2.18. The van der Waals surface area contributed by atoms with Crippen LogP contribution >= 0.6 is 0 Å². The maximum Gasteiger partial charge on any atom is 0.191 e. The van der Waals surface area contributed by atoms with Gasteiger partial charge in [0.2, 0.25) is 0 Å². The molecule has 0 saturated heterocycles. The normalized spacial score (nSPS) is 16.7. The van der Waals surface area contributed by atoms with Gasteiger partial charge in [-0.2, -0.15) is 0 Å². The number of pyridine rings is 1. The quantitative estimate of drug-likeness (QED) is 0.675. The number of hydrogen-bond acceptors (Lipinski definition) is 2. The van der Waals surface area contributed by atoms with Crippen molar-refractivity contribution < 1.29 is 0 Å². The highest BCUT2D eigenvalue weighted by molar-refractivity contribution is 5.85. The van der Waals surface area contributed by atoms with Crippen LogP contribution in [0.1, 0.15) is 37.8 Å². The van der Waals surface area contributed by atoms with Gasteiger partial charge in [-0.15, -0.1) is 0 Å². The van der Waals surface area contributed by atoms with Gasteiger partial charge in [0.05, 0.1) is 12.2 Å². The molecule has 0 aliphatic heterocycles. The van der Waals surface area contributed by atoms with Gasteiger partial charge in [0.25, 0.3) is 0 Å². The Morgan fingerprint density at radius 2 is 2.00 bits per heavy atom. The van der Waals surface area contributed by atoms with E-state index in [1.165, 1.54) is 42.9 Å². The summed E-state index contributed by atoms with van der Waals surface area (Å²) < 4.78 is 0. The first-order chi connectivity index (χ1) is 10.9. The number of aromatic nitrogens is 1. The number of fused-ring (bicyclic) bond motifs is 1. The Morgan fingerprint density at radius 1 is 1.18 bits per heavy atom. The third-order valence-electron chi connectivity index (χ3n) is 4.35. The molecule has 1 aromatic carbocycles. The van der Waals surface area contributed by atoms with E-state index in [1.807, 2.05) is 19.3 Å². The van der Waals surface area contributed by atoms with Crippen molar-refractivity contribution >= 4 is 16.7 Å². The molecule has 0 spiro atoms. The van der Waals surface area contributed by atoms with Crippen molar-refractivity contribution in [1.82, 2.24) is 15.6 Å². The fourth-order valence-electron chi connectivity index (χ4n) is 3.13. The Kier molecular flexibility index (Phi) is 4.88. The minimum absolute atomic E-state index is 0.556. The zero-order valence-electron chi connectivity index (χ0n) is 13.2. The Balaban J connectivity index is 1.64. The molecule has 4 heteroatoms. The van der Waals surface area contributed by atoms with E-state index < -0.39 is 0 Å². The zero-order chi connectivity index (χ0) is 15.2. The number of hydrogen-bond donors (Lipinski definition) is 2. The molecule has 2 aromatic rings. The monoisotopic (exact) mass is 296 g/mol. The van der Waals surface area contributed by atoms with Gasteiger partial charge in [-0.05, 0) is 24.3 Å². The summed E-state index contributed by atoms with van der Waals surface area (Å²) in [7, 11) is 1.83. The largest absolute Gasteiger partial charge is 0.354 e. The average Bonchev–Trinajstić information content (AvgIpc) is 2.59. The molecule has 1 saturated carbocycles. The molecule has 1 aliphatic rings. The first kappa shape index (κ1) is 14.8. The first-order valence-corrected chi connectivity index (χ1v) is 8.16. The van der Waals surface area contributed by atoms with Gasteiger partial charge in [-0.3, -0.25) is 9.98 Å². The van der Waals surface area contributed by atoms with Crippen molar-refractivity contribution in [3.63, 3.8) is 0 Å². The van der Waals surface area contributed by atoms with E-state index in [4.69, 9.17) is 0 Å². The van der Waals surface area contributed by atoms with Crippen LogP contribution in [0.4, 0.5) is 0 Å². The van der Waals surface area contributed by atoms with Gasteiger partial charge in [0, 0.05) is 24.7 Å². The summed E-state index contributed by atoms with van der Waals surface area (Å²) in [5.74, 6) is 0.877. The molecule has 0 radical (unpaired) electrons. The Morgan fingerprint density at radius 3 is 2.82 bits per heavy atom. The van der Waals surface area contributed by atoms with Crippen LogP contribution in [-0.2, 0) is 6.54 Å².